The SMILES string of the molecule is O=C(Nc1ccc2cc(S(=O)(=O)O)ccc2c1)c1ccc(N=Nc2c(S(=O)(=O)O)cc3cc(S(=O)(=O)O)cc(NC(=O)c4ccccc4)c3c2O)cc1.[Na+]. The van der Waals surface area contributed by atoms with E-state index in [-0.39, 0.29) is 67.7 Å². The van der Waals surface area contributed by atoms with Crippen LogP contribution in [0.15, 0.2) is 134 Å². The van der Waals surface area contributed by atoms with Gasteiger partial charge in [0.2, 0.25) is 0 Å². The zero-order valence-corrected chi connectivity index (χ0v) is 32.0. The topological polar surface area (TPSA) is 266 Å². The van der Waals surface area contributed by atoms with E-state index in [1.807, 2.05) is 0 Å². The van der Waals surface area contributed by atoms with Gasteiger partial charge < -0.3 is 15.7 Å². The number of phenols is 1. The van der Waals surface area contributed by atoms with Gasteiger partial charge in [0.1, 0.15) is 10.6 Å². The van der Waals surface area contributed by atoms with Crippen LogP contribution in [0, 0.1) is 0 Å². The average Bonchev–Trinajstić information content (AvgIpc) is 3.10. The van der Waals surface area contributed by atoms with Crippen LogP contribution in [0.25, 0.3) is 21.5 Å². The van der Waals surface area contributed by atoms with Gasteiger partial charge in [-0.2, -0.15) is 30.4 Å². The van der Waals surface area contributed by atoms with Crippen molar-refractivity contribution in [3.05, 3.63) is 120 Å². The maximum Gasteiger partial charge on any atom is 1.00 e. The quantitative estimate of drug-likeness (QED) is 0.0699. The summed E-state index contributed by atoms with van der Waals surface area (Å²) in [5.41, 5.74) is -0.411. The van der Waals surface area contributed by atoms with E-state index in [1.165, 1.54) is 60.7 Å². The molecule has 2 amide bonds. The molecule has 0 aromatic heterocycles. The smallest absolute Gasteiger partial charge is 0.505 e. The second-order valence-electron chi connectivity index (χ2n) is 11.3. The van der Waals surface area contributed by atoms with E-state index < -0.39 is 63.4 Å². The third kappa shape index (κ3) is 8.81. The van der Waals surface area contributed by atoms with Gasteiger partial charge in [0, 0.05) is 22.2 Å². The summed E-state index contributed by atoms with van der Waals surface area (Å²) in [7, 11) is -14.5. The molecule has 0 saturated heterocycles. The Morgan fingerprint density at radius 2 is 1.13 bits per heavy atom. The van der Waals surface area contributed by atoms with E-state index >= 15 is 0 Å². The van der Waals surface area contributed by atoms with Crippen molar-refractivity contribution >= 4 is 86.5 Å². The first-order valence-corrected chi connectivity index (χ1v) is 19.2. The Morgan fingerprint density at radius 1 is 0.556 bits per heavy atom. The van der Waals surface area contributed by atoms with Crippen molar-refractivity contribution in [3.8, 4) is 5.75 Å². The largest absolute Gasteiger partial charge is 1.00 e. The van der Waals surface area contributed by atoms with Gasteiger partial charge in [0.05, 0.1) is 21.2 Å². The van der Waals surface area contributed by atoms with Gasteiger partial charge in [-0.1, -0.05) is 30.3 Å². The Bertz CT molecular complexity index is 2850. The van der Waals surface area contributed by atoms with Gasteiger partial charge in [-0.05, 0) is 95.0 Å². The van der Waals surface area contributed by atoms with E-state index in [9.17, 15) is 53.6 Å². The number of benzene rings is 6. The molecule has 270 valence electrons. The number of hydrogen-bond donors (Lipinski definition) is 6. The predicted octanol–water partition coefficient (Wildman–Crippen LogP) is 3.36. The summed E-state index contributed by atoms with van der Waals surface area (Å²) in [6, 6.07) is 24.1. The molecule has 6 aromatic rings. The van der Waals surface area contributed by atoms with Crippen LogP contribution in [-0.4, -0.2) is 55.8 Å². The Balaban J connectivity index is 0.00000561. The maximum atomic E-state index is 13.0. The second kappa shape index (κ2) is 15.3. The van der Waals surface area contributed by atoms with Crippen LogP contribution in [0.3, 0.4) is 0 Å². The molecule has 0 unspecified atom stereocenters. The number of phenolic OH excluding ortho intramolecular Hbond substituents is 1. The number of azo groups is 1. The first-order valence-electron chi connectivity index (χ1n) is 14.9. The van der Waals surface area contributed by atoms with Crippen LogP contribution >= 0.6 is 0 Å². The molecule has 6 rings (SSSR count). The summed E-state index contributed by atoms with van der Waals surface area (Å²) in [6.45, 7) is 0. The summed E-state index contributed by atoms with van der Waals surface area (Å²) in [5.74, 6) is -2.22. The average molecular weight is 800 g/mol. The number of hydrogen-bond acceptors (Lipinski definition) is 11. The number of rotatable bonds is 9. The van der Waals surface area contributed by atoms with Crippen LogP contribution in [0.1, 0.15) is 20.7 Å². The van der Waals surface area contributed by atoms with Crippen molar-refractivity contribution in [2.75, 3.05) is 10.6 Å². The number of aromatic hydroxyl groups is 1. The Kier molecular flexibility index (Phi) is 11.4. The molecule has 0 aliphatic carbocycles. The number of carbonyl (C=O) groups excluding carboxylic acids is 2. The summed E-state index contributed by atoms with van der Waals surface area (Å²) >= 11 is 0. The normalized spacial score (nSPS) is 12.1. The molecule has 0 bridgehead atoms. The van der Waals surface area contributed by atoms with Crippen molar-refractivity contribution in [1.82, 2.24) is 0 Å². The molecule has 20 heteroatoms. The molecule has 6 N–H and O–H groups in total. The fourth-order valence-corrected chi connectivity index (χ4v) is 6.95. The van der Waals surface area contributed by atoms with Gasteiger partial charge in [-0.3, -0.25) is 23.2 Å². The van der Waals surface area contributed by atoms with Crippen LogP contribution in [0.2, 0.25) is 0 Å². The van der Waals surface area contributed by atoms with E-state index in [0.717, 1.165) is 18.2 Å². The van der Waals surface area contributed by atoms with Crippen molar-refractivity contribution in [3.63, 3.8) is 0 Å². The summed E-state index contributed by atoms with van der Waals surface area (Å²) < 4.78 is 101. The molecule has 0 spiro atoms. The van der Waals surface area contributed by atoms with Crippen LogP contribution < -0.4 is 40.2 Å². The molecule has 0 radical (unpaired) electrons. The fourth-order valence-electron chi connectivity index (χ4n) is 5.24. The zero-order valence-electron chi connectivity index (χ0n) is 27.6. The minimum absolute atomic E-state index is 0. The number of nitrogens with zero attached hydrogens (tertiary/aromatic N) is 2. The Labute approximate surface area is 329 Å². The molecule has 0 heterocycles. The summed E-state index contributed by atoms with van der Waals surface area (Å²) in [4.78, 5) is 23.9. The Morgan fingerprint density at radius 3 is 1.76 bits per heavy atom. The van der Waals surface area contributed by atoms with Crippen LogP contribution in [0.5, 0.6) is 5.75 Å². The van der Waals surface area contributed by atoms with E-state index in [1.54, 1.807) is 30.3 Å². The first-order chi connectivity index (χ1) is 24.9. The van der Waals surface area contributed by atoms with Crippen molar-refractivity contribution in [1.29, 1.82) is 0 Å². The van der Waals surface area contributed by atoms with E-state index in [0.29, 0.717) is 16.5 Å². The monoisotopic (exact) mass is 799 g/mol. The van der Waals surface area contributed by atoms with Crippen molar-refractivity contribution < 1.29 is 83.2 Å². The van der Waals surface area contributed by atoms with E-state index in [4.69, 9.17) is 0 Å². The standard InChI is InChI=1S/C34H24N4O12S3.Na/c39-32-30-23(16-27(52(45,46)47)18-28(30)36-34(41)19-4-2-1-3-5-19)17-29(53(48,49)50)31(32)38-37-24-10-6-20(7-11-24)33(40)35-25-12-8-22-15-26(51(42,43)44)13-9-21(22)14-25;/h1-18,39H,(H,35,40)(H,36,41)(H,42,43,44)(H,45,46,47)(H,48,49,50);/q;+1. The second-order valence-corrected chi connectivity index (χ2v) is 15.5. The van der Waals surface area contributed by atoms with Gasteiger partial charge in [0.15, 0.2) is 5.75 Å². The van der Waals surface area contributed by atoms with Gasteiger partial charge in [0.25, 0.3) is 42.2 Å². The number of fused-ring (bicyclic) bond motifs is 2. The van der Waals surface area contributed by atoms with Gasteiger partial charge in [-0.25, -0.2) is 0 Å². The third-order valence-corrected chi connectivity index (χ3v) is 10.3. The predicted molar refractivity (Wildman–Crippen MR) is 192 cm³/mol. The molecule has 54 heavy (non-hydrogen) atoms. The number of nitrogens with one attached hydrogen (secondary N) is 2. The molecule has 0 aliphatic heterocycles. The maximum absolute atomic E-state index is 13.0. The molecule has 0 saturated carbocycles. The minimum Gasteiger partial charge on any atom is -0.505 e. The van der Waals surface area contributed by atoms with Crippen molar-refractivity contribution in [2.45, 2.75) is 14.7 Å². The molecule has 6 aromatic carbocycles. The van der Waals surface area contributed by atoms with E-state index in [2.05, 4.69) is 20.9 Å². The number of carbonyl (C=O) groups is 2. The Hall–Kier alpha value is -5.09. The number of anilines is 2. The first kappa shape index (κ1) is 40.1. The minimum atomic E-state index is -5.15. The summed E-state index contributed by atoms with van der Waals surface area (Å²) in [5, 5.41) is 24.7. The zero-order chi connectivity index (χ0) is 38.3. The fraction of sp³-hybridized carbons (Fsp3) is 0. The molecule has 16 nitrogen and oxygen atoms in total. The molecular weight excluding hydrogens is 776 g/mol. The van der Waals surface area contributed by atoms with Crippen molar-refractivity contribution in [2.24, 2.45) is 10.2 Å². The molecule has 0 fully saturated rings. The molecular formula is C34H24N4NaO12S3+. The molecule has 0 aliphatic rings. The molecule has 0 atom stereocenters. The van der Waals surface area contributed by atoms with Crippen LogP contribution in [0.4, 0.5) is 22.7 Å². The third-order valence-electron chi connectivity index (χ3n) is 7.75. The number of amides is 2. The van der Waals surface area contributed by atoms with Gasteiger partial charge in [-0.15, -0.1) is 5.11 Å². The van der Waals surface area contributed by atoms with Gasteiger partial charge >= 0.3 is 29.6 Å². The summed E-state index contributed by atoms with van der Waals surface area (Å²) in [6.07, 6.45) is 0. The van der Waals surface area contributed by atoms with Crippen LogP contribution in [-0.2, 0) is 30.4 Å².